The summed E-state index contributed by atoms with van der Waals surface area (Å²) in [7, 11) is 0. The molecule has 1 unspecified atom stereocenters. The van der Waals surface area contributed by atoms with Crippen LogP contribution in [0.15, 0.2) is 176 Å². The SMILES string of the molecule is C1=CCC(N(c2ccccc2)c2ccc(-c3ccc(-n4c5c(c6ccc7c(c8ccccc8n7-c7ccccc7)c64)CCC=C5)cc3)cc2)C=C1. The highest BCUT2D eigenvalue weighted by atomic mass is 15.2. The lowest BCUT2D eigenvalue weighted by atomic mass is 10.00. The van der Waals surface area contributed by atoms with Crippen LogP contribution in [0, 0.1) is 0 Å². The van der Waals surface area contributed by atoms with Crippen LogP contribution in [-0.2, 0) is 6.42 Å². The summed E-state index contributed by atoms with van der Waals surface area (Å²) in [5.41, 5.74) is 13.7. The molecule has 0 fully saturated rings. The summed E-state index contributed by atoms with van der Waals surface area (Å²) in [6.45, 7) is 0. The van der Waals surface area contributed by atoms with Crippen molar-refractivity contribution in [2.75, 3.05) is 4.90 Å². The molecule has 0 saturated carbocycles. The summed E-state index contributed by atoms with van der Waals surface area (Å²) in [5.74, 6) is 0. The van der Waals surface area contributed by atoms with Gasteiger partial charge in [-0.2, -0.15) is 0 Å². The van der Waals surface area contributed by atoms with Crippen LogP contribution in [0.1, 0.15) is 24.1 Å². The van der Waals surface area contributed by atoms with Crippen LogP contribution < -0.4 is 4.90 Å². The van der Waals surface area contributed by atoms with Gasteiger partial charge in [0.2, 0.25) is 0 Å². The lowest BCUT2D eigenvalue weighted by Crippen LogP contribution is -2.29. The van der Waals surface area contributed by atoms with Crippen molar-refractivity contribution in [3.8, 4) is 22.5 Å². The summed E-state index contributed by atoms with van der Waals surface area (Å²) >= 11 is 0. The molecule has 0 spiro atoms. The zero-order valence-corrected chi connectivity index (χ0v) is 28.4. The first kappa shape index (κ1) is 29.6. The van der Waals surface area contributed by atoms with Gasteiger partial charge in [0.25, 0.3) is 0 Å². The highest BCUT2D eigenvalue weighted by molar-refractivity contribution is 6.21. The molecule has 1 atom stereocenters. The van der Waals surface area contributed by atoms with Gasteiger partial charge in [-0.3, -0.25) is 0 Å². The Labute approximate surface area is 298 Å². The van der Waals surface area contributed by atoms with E-state index in [1.807, 2.05) is 0 Å². The highest BCUT2D eigenvalue weighted by Gasteiger charge is 2.24. The van der Waals surface area contributed by atoms with Crippen LogP contribution >= 0.6 is 0 Å². The molecule has 3 nitrogen and oxygen atoms in total. The summed E-state index contributed by atoms with van der Waals surface area (Å²) in [5, 5.41) is 3.94. The van der Waals surface area contributed by atoms with Crippen molar-refractivity contribution in [1.82, 2.24) is 9.13 Å². The number of hydrogen-bond acceptors (Lipinski definition) is 1. The van der Waals surface area contributed by atoms with Crippen LogP contribution in [0.25, 0.3) is 61.3 Å². The van der Waals surface area contributed by atoms with E-state index in [-0.39, 0.29) is 6.04 Å². The first-order valence-electron chi connectivity index (χ1n) is 18.0. The van der Waals surface area contributed by atoms with Crippen molar-refractivity contribution in [2.45, 2.75) is 25.3 Å². The van der Waals surface area contributed by atoms with E-state index in [4.69, 9.17) is 0 Å². The minimum absolute atomic E-state index is 0.284. The third-order valence-corrected chi connectivity index (χ3v) is 10.7. The molecule has 8 aromatic rings. The largest absolute Gasteiger partial charge is 0.334 e. The lowest BCUT2D eigenvalue weighted by molar-refractivity contribution is 0.785. The molecule has 10 rings (SSSR count). The van der Waals surface area contributed by atoms with Gasteiger partial charge in [-0.25, -0.2) is 0 Å². The monoisotopic (exact) mass is 655 g/mol. The Morgan fingerprint density at radius 3 is 1.98 bits per heavy atom. The Morgan fingerprint density at radius 1 is 0.529 bits per heavy atom. The fourth-order valence-electron chi connectivity index (χ4n) is 8.39. The van der Waals surface area contributed by atoms with Gasteiger partial charge >= 0.3 is 0 Å². The molecule has 0 bridgehead atoms. The quantitative estimate of drug-likeness (QED) is 0.174. The van der Waals surface area contributed by atoms with E-state index in [2.05, 4.69) is 196 Å². The minimum atomic E-state index is 0.284. The number of allylic oxidation sites excluding steroid dienone is 3. The first-order chi connectivity index (χ1) is 25.3. The van der Waals surface area contributed by atoms with Crippen molar-refractivity contribution in [1.29, 1.82) is 0 Å². The van der Waals surface area contributed by atoms with Crippen LogP contribution in [0.2, 0.25) is 0 Å². The van der Waals surface area contributed by atoms with Gasteiger partial charge < -0.3 is 14.0 Å². The van der Waals surface area contributed by atoms with Crippen LogP contribution in [0.5, 0.6) is 0 Å². The third kappa shape index (κ3) is 4.88. The van der Waals surface area contributed by atoms with Crippen LogP contribution in [-0.4, -0.2) is 15.2 Å². The summed E-state index contributed by atoms with van der Waals surface area (Å²) in [4.78, 5) is 2.44. The fourth-order valence-corrected chi connectivity index (χ4v) is 8.39. The third-order valence-electron chi connectivity index (χ3n) is 10.7. The number of anilines is 2. The fraction of sp³-hybridized carbons (Fsp3) is 0.0833. The Hall–Kier alpha value is -6.32. The number of nitrogens with zero attached hydrogens (tertiary/aromatic N) is 3. The Morgan fingerprint density at radius 2 is 1.22 bits per heavy atom. The number of rotatable bonds is 6. The zero-order chi connectivity index (χ0) is 33.7. The van der Waals surface area contributed by atoms with Crippen LogP contribution in [0.3, 0.4) is 0 Å². The smallest absolute Gasteiger partial charge is 0.0637 e. The van der Waals surface area contributed by atoms with Crippen molar-refractivity contribution in [3.05, 3.63) is 187 Å². The second-order valence-electron chi connectivity index (χ2n) is 13.6. The number of aryl methyl sites for hydroxylation is 1. The molecule has 2 aromatic heterocycles. The summed E-state index contributed by atoms with van der Waals surface area (Å²) in [6.07, 6.45) is 16.6. The maximum atomic E-state index is 2.52. The molecule has 0 radical (unpaired) electrons. The number of fused-ring (bicyclic) bond motifs is 7. The predicted molar refractivity (Wildman–Crippen MR) is 216 cm³/mol. The maximum absolute atomic E-state index is 2.52. The van der Waals surface area contributed by atoms with E-state index in [1.165, 1.54) is 77.8 Å². The molecular weight excluding hydrogens is 619 g/mol. The molecule has 244 valence electrons. The molecule has 51 heavy (non-hydrogen) atoms. The van der Waals surface area contributed by atoms with E-state index >= 15 is 0 Å². The van der Waals surface area contributed by atoms with E-state index < -0.39 is 0 Å². The standard InChI is InChI=1S/C48H37N3/c1-4-14-36(15-5-1)49(37-16-6-2-7-17-37)39-28-24-34(25-29-39)35-26-30-40(31-27-35)51-44-22-12-10-20-41(44)42-32-33-46-47(48(42)51)43-21-11-13-23-45(43)50(46)38-18-8-3-9-19-38/h1-9,11-16,18-19,21-33,37H,10,17,20H2. The molecule has 0 amide bonds. The minimum Gasteiger partial charge on any atom is -0.334 e. The summed E-state index contributed by atoms with van der Waals surface area (Å²) in [6, 6.07) is 53.5. The van der Waals surface area contributed by atoms with Crippen molar-refractivity contribution in [2.24, 2.45) is 0 Å². The van der Waals surface area contributed by atoms with Gasteiger partial charge in [0, 0.05) is 44.6 Å². The second kappa shape index (κ2) is 12.2. The number of benzene rings is 6. The molecule has 3 heteroatoms. The average molecular weight is 656 g/mol. The van der Waals surface area contributed by atoms with E-state index in [0.717, 1.165) is 19.3 Å². The topological polar surface area (TPSA) is 13.1 Å². The molecule has 2 heterocycles. The van der Waals surface area contributed by atoms with E-state index in [0.29, 0.717) is 0 Å². The number of para-hydroxylation sites is 3. The van der Waals surface area contributed by atoms with Gasteiger partial charge in [-0.05, 0) is 103 Å². The normalized spacial score (nSPS) is 15.2. The Kier molecular flexibility index (Phi) is 7.09. The van der Waals surface area contributed by atoms with Gasteiger partial charge in [0.15, 0.2) is 0 Å². The lowest BCUT2D eigenvalue weighted by Gasteiger charge is -2.32. The van der Waals surface area contributed by atoms with Gasteiger partial charge in [-0.15, -0.1) is 0 Å². The molecule has 0 saturated heterocycles. The molecule has 0 N–H and O–H groups in total. The molecule has 2 aliphatic rings. The van der Waals surface area contributed by atoms with Gasteiger partial charge in [0.1, 0.15) is 0 Å². The summed E-state index contributed by atoms with van der Waals surface area (Å²) < 4.78 is 4.93. The van der Waals surface area contributed by atoms with Crippen molar-refractivity contribution < 1.29 is 0 Å². The maximum Gasteiger partial charge on any atom is 0.0637 e. The van der Waals surface area contributed by atoms with Gasteiger partial charge in [0.05, 0.1) is 22.6 Å². The van der Waals surface area contributed by atoms with Gasteiger partial charge in [-0.1, -0.05) is 115 Å². The van der Waals surface area contributed by atoms with Crippen LogP contribution in [0.4, 0.5) is 11.4 Å². The second-order valence-corrected chi connectivity index (χ2v) is 13.6. The molecule has 0 aliphatic heterocycles. The van der Waals surface area contributed by atoms with Crippen molar-refractivity contribution in [3.63, 3.8) is 0 Å². The number of hydrogen-bond donors (Lipinski definition) is 0. The Balaban J connectivity index is 1.09. The molecular formula is C48H37N3. The van der Waals surface area contributed by atoms with Crippen molar-refractivity contribution >= 4 is 50.2 Å². The first-order valence-corrected chi connectivity index (χ1v) is 18.0. The molecule has 6 aromatic carbocycles. The molecule has 2 aliphatic carbocycles. The zero-order valence-electron chi connectivity index (χ0n) is 28.4. The van der Waals surface area contributed by atoms with E-state index in [9.17, 15) is 0 Å². The average Bonchev–Trinajstić information content (AvgIpc) is 3.73. The predicted octanol–water partition coefficient (Wildman–Crippen LogP) is 12.4. The number of aromatic nitrogens is 2. The Bertz CT molecular complexity index is 2630. The van der Waals surface area contributed by atoms with E-state index in [1.54, 1.807) is 0 Å². The highest BCUT2D eigenvalue weighted by Crippen LogP contribution is 2.43.